The number of aromatic amines is 2. The molecule has 0 aliphatic carbocycles. The summed E-state index contributed by atoms with van der Waals surface area (Å²) >= 11 is 0. The quantitative estimate of drug-likeness (QED) is 0.133. The van der Waals surface area contributed by atoms with Crippen molar-refractivity contribution in [1.29, 1.82) is 0 Å². The summed E-state index contributed by atoms with van der Waals surface area (Å²) < 4.78 is 0. The Morgan fingerprint density at radius 3 is 1.11 bits per heavy atom. The number of imidazole rings is 2. The molecule has 2 aromatic heterocycles. The molecule has 2 aromatic carbocycles. The van der Waals surface area contributed by atoms with E-state index >= 15 is 0 Å². The van der Waals surface area contributed by atoms with Crippen molar-refractivity contribution in [3.63, 3.8) is 0 Å². The Morgan fingerprint density at radius 2 is 0.848 bits per heavy atom. The lowest BCUT2D eigenvalue weighted by atomic mass is 9.85. The Morgan fingerprint density at radius 1 is 0.565 bits per heavy atom. The molecule has 0 spiro atoms. The first-order valence-electron chi connectivity index (χ1n) is 15.7. The van der Waals surface area contributed by atoms with E-state index in [1.165, 1.54) is 0 Å². The zero-order chi connectivity index (χ0) is 34.2. The highest BCUT2D eigenvalue weighted by Crippen LogP contribution is 2.35. The summed E-state index contributed by atoms with van der Waals surface area (Å²) in [4.78, 5) is 41.4. The van der Waals surface area contributed by atoms with Crippen molar-refractivity contribution in [2.45, 2.75) is 92.4 Å². The number of H-pyrrole nitrogens is 2. The van der Waals surface area contributed by atoms with E-state index in [-0.39, 0.29) is 34.7 Å². The summed E-state index contributed by atoms with van der Waals surface area (Å²) in [5.41, 5.74) is 15.4. The van der Waals surface area contributed by atoms with Crippen molar-refractivity contribution < 1.29 is 9.59 Å². The van der Waals surface area contributed by atoms with Crippen molar-refractivity contribution in [3.05, 3.63) is 72.6 Å². The number of rotatable bonds is 9. The van der Waals surface area contributed by atoms with Gasteiger partial charge in [0, 0.05) is 0 Å². The molecule has 10 heteroatoms. The second kappa shape index (κ2) is 12.5. The Labute approximate surface area is 272 Å². The van der Waals surface area contributed by atoms with Gasteiger partial charge in [0.2, 0.25) is 11.8 Å². The van der Waals surface area contributed by atoms with Gasteiger partial charge in [0.25, 0.3) is 0 Å². The van der Waals surface area contributed by atoms with Crippen LogP contribution in [0.1, 0.15) is 93.0 Å². The van der Waals surface area contributed by atoms with Crippen LogP contribution >= 0.6 is 0 Å². The number of hydrogen-bond acceptors (Lipinski definition) is 6. The third kappa shape index (κ3) is 8.10. The third-order valence-corrected chi connectivity index (χ3v) is 7.92. The molecule has 8 N–H and O–H groups in total. The minimum absolute atomic E-state index is 0.233. The van der Waals surface area contributed by atoms with Crippen LogP contribution in [0, 0.1) is 10.8 Å². The maximum absolute atomic E-state index is 12.7. The molecule has 10 nitrogen and oxygen atoms in total. The minimum Gasteiger partial charge on any atom is -0.344 e. The molecule has 4 rings (SSSR count). The zero-order valence-electron chi connectivity index (χ0n) is 28.8. The van der Waals surface area contributed by atoms with Crippen LogP contribution in [0.25, 0.3) is 33.6 Å². The molecule has 2 amide bonds. The van der Waals surface area contributed by atoms with Gasteiger partial charge >= 0.3 is 0 Å². The van der Waals surface area contributed by atoms with Gasteiger partial charge in [-0.05, 0) is 60.8 Å². The molecule has 0 aliphatic heterocycles. The fourth-order valence-corrected chi connectivity index (χ4v) is 4.97. The number of aromatic nitrogens is 4. The van der Waals surface area contributed by atoms with Gasteiger partial charge < -0.3 is 32.1 Å². The number of nitrogens with two attached hydrogens (primary N) is 2. The minimum atomic E-state index is -0.995. The molecule has 2 heterocycles. The second-order valence-electron chi connectivity index (χ2n) is 15.5. The van der Waals surface area contributed by atoms with E-state index in [4.69, 9.17) is 11.5 Å². The lowest BCUT2D eigenvalue weighted by molar-refractivity contribution is -0.127. The van der Waals surface area contributed by atoms with Gasteiger partial charge in [0.15, 0.2) is 0 Å². The van der Waals surface area contributed by atoms with Gasteiger partial charge in [0.05, 0.1) is 46.9 Å². The van der Waals surface area contributed by atoms with E-state index in [9.17, 15) is 9.59 Å². The average molecular weight is 627 g/mol. The third-order valence-electron chi connectivity index (χ3n) is 7.92. The molecule has 4 aromatic rings. The predicted octanol–water partition coefficient (Wildman–Crippen LogP) is 6.02. The van der Waals surface area contributed by atoms with Gasteiger partial charge in [-0.2, -0.15) is 0 Å². The van der Waals surface area contributed by atoms with E-state index < -0.39 is 11.1 Å². The number of benzene rings is 2. The Balaban J connectivity index is 1.50. The van der Waals surface area contributed by atoms with Gasteiger partial charge in [-0.25, -0.2) is 9.97 Å². The van der Waals surface area contributed by atoms with Crippen molar-refractivity contribution in [2.24, 2.45) is 22.3 Å². The van der Waals surface area contributed by atoms with Crippen LogP contribution in [0.4, 0.5) is 0 Å². The molecule has 246 valence electrons. The van der Waals surface area contributed by atoms with E-state index in [1.807, 2.05) is 0 Å². The Bertz CT molecular complexity index is 1530. The molecule has 0 radical (unpaired) electrons. The molecule has 46 heavy (non-hydrogen) atoms. The van der Waals surface area contributed by atoms with Gasteiger partial charge in [-0.3, -0.25) is 9.59 Å². The van der Waals surface area contributed by atoms with Crippen molar-refractivity contribution in [3.8, 4) is 33.6 Å². The second-order valence-corrected chi connectivity index (χ2v) is 15.5. The standard InChI is InChI=1S/C36H50N8O2/c1-33(2,3)27(43-31(45)35(7,8)37)29-39-19-25(41-29)23-15-11-21(12-16-23)22-13-17-24(18-14-22)26-20-40-30(42-26)28(34(4,5)6)44-32(46)36(9,10)38/h11-20,27-28H,37-38H2,1-10H3,(H,39,41)(H,40,42)(H,43,45)(H,44,46)/t27-,28-/m1/s1. The van der Waals surface area contributed by atoms with Gasteiger partial charge in [-0.1, -0.05) is 90.1 Å². The Kier molecular flexibility index (Phi) is 9.39. The topological polar surface area (TPSA) is 168 Å². The van der Waals surface area contributed by atoms with Crippen LogP contribution in [0.15, 0.2) is 60.9 Å². The fourth-order valence-electron chi connectivity index (χ4n) is 4.97. The average Bonchev–Trinajstić information content (AvgIpc) is 3.63. The predicted molar refractivity (Wildman–Crippen MR) is 184 cm³/mol. The molecule has 0 bridgehead atoms. The van der Waals surface area contributed by atoms with Crippen molar-refractivity contribution in [1.82, 2.24) is 30.6 Å². The normalized spacial score (nSPS) is 14.1. The maximum Gasteiger partial charge on any atom is 0.240 e. The molecule has 0 saturated heterocycles. The molecule has 0 fully saturated rings. The molecular formula is C36H50N8O2. The highest BCUT2D eigenvalue weighted by Gasteiger charge is 2.35. The van der Waals surface area contributed by atoms with Crippen LogP contribution in [0.3, 0.4) is 0 Å². The number of carbonyl (C=O) groups is 2. The number of nitrogens with one attached hydrogen (secondary N) is 4. The van der Waals surface area contributed by atoms with E-state index in [0.717, 1.165) is 33.6 Å². The summed E-state index contributed by atoms with van der Waals surface area (Å²) in [5.74, 6) is 0.896. The first-order chi connectivity index (χ1) is 21.1. The first kappa shape index (κ1) is 34.6. The molecule has 2 atom stereocenters. The van der Waals surface area contributed by atoms with Crippen LogP contribution < -0.4 is 22.1 Å². The van der Waals surface area contributed by atoms with E-state index in [2.05, 4.69) is 121 Å². The highest BCUT2D eigenvalue weighted by atomic mass is 16.2. The molecule has 0 aliphatic rings. The number of amides is 2. The number of nitrogens with zero attached hydrogens (tertiary/aromatic N) is 2. The van der Waals surface area contributed by atoms with Crippen LogP contribution in [0.5, 0.6) is 0 Å². The maximum atomic E-state index is 12.7. The summed E-state index contributed by atoms with van der Waals surface area (Å²) in [7, 11) is 0. The molecule has 0 unspecified atom stereocenters. The van der Waals surface area contributed by atoms with E-state index in [1.54, 1.807) is 40.1 Å². The lowest BCUT2D eigenvalue weighted by Gasteiger charge is -2.32. The van der Waals surface area contributed by atoms with E-state index in [0.29, 0.717) is 11.6 Å². The highest BCUT2D eigenvalue weighted by molar-refractivity contribution is 5.86. The van der Waals surface area contributed by atoms with Crippen molar-refractivity contribution >= 4 is 11.8 Å². The fraction of sp³-hybridized carbons (Fsp3) is 0.444. The molecular weight excluding hydrogens is 576 g/mol. The van der Waals surface area contributed by atoms with Gasteiger partial charge in [0.1, 0.15) is 11.6 Å². The summed E-state index contributed by atoms with van der Waals surface area (Å²) in [6.07, 6.45) is 3.59. The summed E-state index contributed by atoms with van der Waals surface area (Å²) in [6.45, 7) is 19.1. The zero-order valence-corrected chi connectivity index (χ0v) is 28.8. The smallest absolute Gasteiger partial charge is 0.240 e. The van der Waals surface area contributed by atoms with Crippen LogP contribution in [-0.4, -0.2) is 42.8 Å². The van der Waals surface area contributed by atoms with Gasteiger partial charge in [-0.15, -0.1) is 0 Å². The SMILES string of the molecule is CC(C)(N)C(=O)N[C@H](c1ncc(-c2ccc(-c3ccc(-c4cnc([C@@H](NC(=O)C(C)(C)N)C(C)(C)C)[nH]4)cc3)cc2)[nH]1)C(C)(C)C. The van der Waals surface area contributed by atoms with Crippen molar-refractivity contribution in [2.75, 3.05) is 0 Å². The Hall–Kier alpha value is -4.28. The first-order valence-corrected chi connectivity index (χ1v) is 15.7. The number of carbonyl (C=O) groups excluding carboxylic acids is 2. The number of hydrogen-bond donors (Lipinski definition) is 6. The molecule has 0 saturated carbocycles. The van der Waals surface area contributed by atoms with Crippen LogP contribution in [0.2, 0.25) is 0 Å². The summed E-state index contributed by atoms with van der Waals surface area (Å²) in [6, 6.07) is 15.9. The summed E-state index contributed by atoms with van der Waals surface area (Å²) in [5, 5.41) is 6.13. The van der Waals surface area contributed by atoms with Crippen LogP contribution in [-0.2, 0) is 9.59 Å². The lowest BCUT2D eigenvalue weighted by Crippen LogP contribution is -2.52. The largest absolute Gasteiger partial charge is 0.344 e. The monoisotopic (exact) mass is 626 g/mol.